The summed E-state index contributed by atoms with van der Waals surface area (Å²) in [5.74, 6) is 0.463. The van der Waals surface area contributed by atoms with Gasteiger partial charge in [0.25, 0.3) is 5.91 Å². The second-order valence-corrected chi connectivity index (χ2v) is 5.74. The van der Waals surface area contributed by atoms with Crippen molar-refractivity contribution in [3.05, 3.63) is 53.6 Å². The van der Waals surface area contributed by atoms with Gasteiger partial charge >= 0.3 is 0 Å². The number of methoxy groups -OCH3 is 1. The van der Waals surface area contributed by atoms with Crippen molar-refractivity contribution in [3.63, 3.8) is 0 Å². The average Bonchev–Trinajstić information content (AvgIpc) is 2.80. The summed E-state index contributed by atoms with van der Waals surface area (Å²) in [7, 11) is 1.53. The highest BCUT2D eigenvalue weighted by Crippen LogP contribution is 2.30. The van der Waals surface area contributed by atoms with Gasteiger partial charge in [-0.1, -0.05) is 11.6 Å². The Labute approximate surface area is 143 Å². The first kappa shape index (κ1) is 16.6. The summed E-state index contributed by atoms with van der Waals surface area (Å²) in [6.07, 6.45) is -3.98. The van der Waals surface area contributed by atoms with Crippen LogP contribution < -0.4 is 14.4 Å². The maximum absolute atomic E-state index is 12.6. The quantitative estimate of drug-likeness (QED) is 0.880. The van der Waals surface area contributed by atoms with E-state index in [2.05, 4.69) is 0 Å². The first-order valence-corrected chi connectivity index (χ1v) is 7.64. The summed E-state index contributed by atoms with van der Waals surface area (Å²) < 4.78 is 10.6. The molecule has 0 aliphatic carbocycles. The summed E-state index contributed by atoms with van der Waals surface area (Å²) in [6.45, 7) is 0. The van der Waals surface area contributed by atoms with E-state index in [1.165, 1.54) is 7.11 Å². The lowest BCUT2D eigenvalue weighted by molar-refractivity contribution is -0.125. The molecule has 2 aromatic carbocycles. The fourth-order valence-corrected chi connectivity index (χ4v) is 2.65. The Bertz CT molecular complexity index is 719. The van der Waals surface area contributed by atoms with E-state index in [1.807, 2.05) is 0 Å². The molecule has 1 aliphatic rings. The normalized spacial score (nSPS) is 23.4. The van der Waals surface area contributed by atoms with Gasteiger partial charge in [-0.25, -0.2) is 0 Å². The summed E-state index contributed by atoms with van der Waals surface area (Å²) in [5, 5.41) is 20.9. The Morgan fingerprint density at radius 2 is 1.58 bits per heavy atom. The van der Waals surface area contributed by atoms with E-state index >= 15 is 0 Å². The van der Waals surface area contributed by atoms with Gasteiger partial charge in [-0.15, -0.1) is 0 Å². The highest BCUT2D eigenvalue weighted by Gasteiger charge is 2.49. The Balaban J connectivity index is 1.82. The van der Waals surface area contributed by atoms with Crippen molar-refractivity contribution in [1.82, 2.24) is 0 Å². The summed E-state index contributed by atoms with van der Waals surface area (Å²) in [5.41, 5.74) is 0.439. The van der Waals surface area contributed by atoms with Gasteiger partial charge in [-0.3, -0.25) is 9.69 Å². The number of hydrogen-bond donors (Lipinski definition) is 2. The van der Waals surface area contributed by atoms with Crippen LogP contribution in [-0.4, -0.2) is 41.7 Å². The second-order valence-electron chi connectivity index (χ2n) is 5.30. The lowest BCUT2D eigenvalue weighted by Crippen LogP contribution is -2.36. The largest absolute Gasteiger partial charge is 0.497 e. The van der Waals surface area contributed by atoms with E-state index in [9.17, 15) is 15.0 Å². The Hall–Kier alpha value is -2.28. The number of carbonyl (C=O) groups excluding carboxylic acids is 1. The molecule has 1 heterocycles. The number of nitrogens with zero attached hydrogens (tertiary/aromatic N) is 1. The van der Waals surface area contributed by atoms with Gasteiger partial charge in [0, 0.05) is 10.7 Å². The van der Waals surface area contributed by atoms with Crippen LogP contribution in [0, 0.1) is 0 Å². The third-order valence-corrected chi connectivity index (χ3v) is 4.04. The molecule has 1 saturated heterocycles. The summed E-state index contributed by atoms with van der Waals surface area (Å²) in [6, 6.07) is 13.0. The van der Waals surface area contributed by atoms with E-state index in [-0.39, 0.29) is 0 Å². The molecule has 0 radical (unpaired) electrons. The van der Waals surface area contributed by atoms with Crippen molar-refractivity contribution in [2.24, 2.45) is 0 Å². The predicted octanol–water partition coefficient (Wildman–Crippen LogP) is 1.82. The van der Waals surface area contributed by atoms with Crippen molar-refractivity contribution in [2.45, 2.75) is 18.4 Å². The molecule has 7 heteroatoms. The lowest BCUT2D eigenvalue weighted by Gasteiger charge is -2.20. The molecule has 6 nitrogen and oxygen atoms in total. The van der Waals surface area contributed by atoms with Gasteiger partial charge in [0.1, 0.15) is 17.6 Å². The first-order valence-electron chi connectivity index (χ1n) is 7.27. The number of amides is 1. The SMILES string of the molecule is COc1ccc(N2C(=O)[C@H](Oc3ccc(Cl)cc3)[C@@H](O)[C@H]2O)cc1. The number of aliphatic hydroxyl groups is 2. The fourth-order valence-electron chi connectivity index (χ4n) is 2.53. The fraction of sp³-hybridized carbons (Fsp3) is 0.235. The predicted molar refractivity (Wildman–Crippen MR) is 88.4 cm³/mol. The van der Waals surface area contributed by atoms with Gasteiger partial charge in [-0.05, 0) is 48.5 Å². The van der Waals surface area contributed by atoms with Crippen molar-refractivity contribution >= 4 is 23.2 Å². The molecule has 24 heavy (non-hydrogen) atoms. The van der Waals surface area contributed by atoms with Crippen LogP contribution in [0.2, 0.25) is 5.02 Å². The molecule has 1 aliphatic heterocycles. The molecule has 3 rings (SSSR count). The molecule has 3 atom stereocenters. The van der Waals surface area contributed by atoms with Crippen molar-refractivity contribution in [1.29, 1.82) is 0 Å². The summed E-state index contributed by atoms with van der Waals surface area (Å²) in [4.78, 5) is 13.7. The first-order chi connectivity index (χ1) is 11.5. The number of hydrogen-bond acceptors (Lipinski definition) is 5. The molecule has 0 spiro atoms. The van der Waals surface area contributed by atoms with Crippen LogP contribution in [0.25, 0.3) is 0 Å². The Kier molecular flexibility index (Phi) is 4.62. The minimum atomic E-state index is -1.40. The molecule has 0 saturated carbocycles. The van der Waals surface area contributed by atoms with Gasteiger partial charge in [0.2, 0.25) is 6.10 Å². The zero-order chi connectivity index (χ0) is 17.3. The van der Waals surface area contributed by atoms with E-state index in [0.29, 0.717) is 22.2 Å². The lowest BCUT2D eigenvalue weighted by atomic mass is 10.2. The monoisotopic (exact) mass is 349 g/mol. The molecule has 2 aromatic rings. The molecule has 2 N–H and O–H groups in total. The zero-order valence-electron chi connectivity index (χ0n) is 12.8. The maximum Gasteiger partial charge on any atom is 0.273 e. The van der Waals surface area contributed by atoms with Crippen LogP contribution in [0.15, 0.2) is 48.5 Å². The number of rotatable bonds is 4. The number of benzene rings is 2. The number of ether oxygens (including phenoxy) is 2. The molecular weight excluding hydrogens is 334 g/mol. The van der Waals surface area contributed by atoms with Crippen LogP contribution >= 0.6 is 11.6 Å². The topological polar surface area (TPSA) is 79.2 Å². The van der Waals surface area contributed by atoms with Gasteiger partial charge in [0.15, 0.2) is 6.23 Å². The van der Waals surface area contributed by atoms with Gasteiger partial charge in [-0.2, -0.15) is 0 Å². The molecule has 1 fully saturated rings. The van der Waals surface area contributed by atoms with Crippen molar-refractivity contribution in [2.75, 3.05) is 12.0 Å². The van der Waals surface area contributed by atoms with E-state index in [1.54, 1.807) is 48.5 Å². The van der Waals surface area contributed by atoms with E-state index in [4.69, 9.17) is 21.1 Å². The summed E-state index contributed by atoms with van der Waals surface area (Å²) >= 11 is 5.81. The molecule has 1 amide bonds. The molecule has 126 valence electrons. The average molecular weight is 350 g/mol. The second kappa shape index (κ2) is 6.68. The standard InChI is InChI=1S/C17H16ClNO5/c1-23-12-8-4-11(5-9-12)19-16(21)14(20)15(17(19)22)24-13-6-2-10(18)3-7-13/h2-9,14-16,20-21H,1H3/t14-,15-,16-/m1/s1. The van der Waals surface area contributed by atoms with Crippen LogP contribution in [-0.2, 0) is 4.79 Å². The van der Waals surface area contributed by atoms with Crippen LogP contribution in [0.5, 0.6) is 11.5 Å². The highest BCUT2D eigenvalue weighted by molar-refractivity contribution is 6.30. The highest BCUT2D eigenvalue weighted by atomic mass is 35.5. The van der Waals surface area contributed by atoms with E-state index in [0.717, 1.165) is 4.90 Å². The van der Waals surface area contributed by atoms with Gasteiger partial charge < -0.3 is 19.7 Å². The smallest absolute Gasteiger partial charge is 0.273 e. The Morgan fingerprint density at radius 1 is 1.00 bits per heavy atom. The zero-order valence-corrected chi connectivity index (χ0v) is 13.6. The third-order valence-electron chi connectivity index (χ3n) is 3.79. The van der Waals surface area contributed by atoms with E-state index < -0.39 is 24.3 Å². The van der Waals surface area contributed by atoms with Crippen molar-refractivity contribution in [3.8, 4) is 11.5 Å². The van der Waals surface area contributed by atoms with Crippen molar-refractivity contribution < 1.29 is 24.5 Å². The van der Waals surface area contributed by atoms with Crippen LogP contribution in [0.1, 0.15) is 0 Å². The minimum absolute atomic E-state index is 0.376. The van der Waals surface area contributed by atoms with Crippen LogP contribution in [0.3, 0.4) is 0 Å². The molecule has 0 bridgehead atoms. The number of aliphatic hydroxyl groups excluding tert-OH is 2. The molecule has 0 aromatic heterocycles. The third kappa shape index (κ3) is 3.03. The van der Waals surface area contributed by atoms with Crippen LogP contribution in [0.4, 0.5) is 5.69 Å². The number of carbonyl (C=O) groups is 1. The Morgan fingerprint density at radius 3 is 2.17 bits per heavy atom. The van der Waals surface area contributed by atoms with Gasteiger partial charge in [0.05, 0.1) is 7.11 Å². The molecule has 0 unspecified atom stereocenters. The number of anilines is 1. The maximum atomic E-state index is 12.6. The minimum Gasteiger partial charge on any atom is -0.497 e. The number of halogens is 1. The molecular formula is C17H16ClNO5.